The molecule has 1 saturated heterocycles. The Kier molecular flexibility index (Phi) is 5.34. The summed E-state index contributed by atoms with van der Waals surface area (Å²) in [6.07, 6.45) is 1.65. The monoisotopic (exact) mass is 438 g/mol. The van der Waals surface area contributed by atoms with E-state index in [0.29, 0.717) is 27.0 Å². The van der Waals surface area contributed by atoms with Crippen LogP contribution in [0.15, 0.2) is 58.2 Å². The first-order chi connectivity index (χ1) is 14.5. The first-order valence-electron chi connectivity index (χ1n) is 8.69. The number of H-pyrrole nitrogens is 1. The highest BCUT2D eigenvalue weighted by molar-refractivity contribution is 8.26. The van der Waals surface area contributed by atoms with Gasteiger partial charge in [-0.25, -0.2) is 5.10 Å². The van der Waals surface area contributed by atoms with E-state index in [9.17, 15) is 14.4 Å². The minimum Gasteiger partial charge on any atom is -0.496 e. The second kappa shape index (κ2) is 8.09. The van der Waals surface area contributed by atoms with Crippen molar-refractivity contribution in [3.63, 3.8) is 0 Å². The molecule has 2 N–H and O–H groups in total. The molecule has 1 aliphatic rings. The van der Waals surface area contributed by atoms with Crippen LogP contribution in [0.1, 0.15) is 16.1 Å². The molecule has 1 aromatic heterocycles. The highest BCUT2D eigenvalue weighted by Crippen LogP contribution is 2.33. The van der Waals surface area contributed by atoms with Gasteiger partial charge in [-0.1, -0.05) is 48.2 Å². The summed E-state index contributed by atoms with van der Waals surface area (Å²) in [4.78, 5) is 37.9. The number of fused-ring (bicyclic) bond motifs is 1. The lowest BCUT2D eigenvalue weighted by molar-refractivity contribution is -0.123. The Hall–Kier alpha value is -3.50. The molecule has 1 aliphatic heterocycles. The van der Waals surface area contributed by atoms with E-state index >= 15 is 0 Å². The summed E-state index contributed by atoms with van der Waals surface area (Å²) in [5.74, 6) is -0.536. The molecule has 0 aliphatic carbocycles. The van der Waals surface area contributed by atoms with Crippen molar-refractivity contribution in [2.24, 2.45) is 0 Å². The molecule has 2 heterocycles. The van der Waals surface area contributed by atoms with Gasteiger partial charge < -0.3 is 4.74 Å². The Bertz CT molecular complexity index is 1290. The zero-order valence-corrected chi connectivity index (χ0v) is 17.2. The lowest BCUT2D eigenvalue weighted by Crippen LogP contribution is -2.45. The number of thioether (sulfide) groups is 1. The number of rotatable bonds is 4. The number of thiocarbonyl (C=S) groups is 1. The maximum Gasteiger partial charge on any atom is 0.291 e. The molecule has 10 heteroatoms. The molecular formula is C20H14N4O4S2. The number of nitrogens with zero attached hydrogens (tertiary/aromatic N) is 2. The van der Waals surface area contributed by atoms with Gasteiger partial charge in [0.1, 0.15) is 5.75 Å². The van der Waals surface area contributed by atoms with Crippen molar-refractivity contribution in [3.8, 4) is 5.75 Å². The molecule has 0 radical (unpaired) electrons. The van der Waals surface area contributed by atoms with Crippen LogP contribution in [0.3, 0.4) is 0 Å². The molecule has 0 bridgehead atoms. The van der Waals surface area contributed by atoms with Crippen LogP contribution < -0.4 is 15.7 Å². The van der Waals surface area contributed by atoms with Crippen molar-refractivity contribution in [2.45, 2.75) is 0 Å². The predicted octanol–water partition coefficient (Wildman–Crippen LogP) is 2.48. The van der Waals surface area contributed by atoms with Crippen LogP contribution in [-0.4, -0.2) is 38.5 Å². The van der Waals surface area contributed by atoms with Crippen molar-refractivity contribution in [3.05, 3.63) is 75.0 Å². The highest BCUT2D eigenvalue weighted by Gasteiger charge is 2.34. The van der Waals surface area contributed by atoms with E-state index in [2.05, 4.69) is 15.6 Å². The van der Waals surface area contributed by atoms with Gasteiger partial charge in [0.25, 0.3) is 17.4 Å². The largest absolute Gasteiger partial charge is 0.496 e. The summed E-state index contributed by atoms with van der Waals surface area (Å²) in [5.41, 5.74) is 2.76. The van der Waals surface area contributed by atoms with Gasteiger partial charge in [-0.3, -0.25) is 19.8 Å². The summed E-state index contributed by atoms with van der Waals surface area (Å²) in [7, 11) is 1.54. The number of methoxy groups -OCH3 is 1. The van der Waals surface area contributed by atoms with Gasteiger partial charge in [-0.2, -0.15) is 10.1 Å². The van der Waals surface area contributed by atoms with Crippen LogP contribution in [0.25, 0.3) is 16.8 Å². The fourth-order valence-electron chi connectivity index (χ4n) is 2.93. The third-order valence-electron chi connectivity index (χ3n) is 4.34. The van der Waals surface area contributed by atoms with E-state index in [-0.39, 0.29) is 10.0 Å². The zero-order chi connectivity index (χ0) is 21.3. The number of nitrogens with one attached hydrogen (secondary N) is 2. The number of ether oxygens (including phenoxy) is 1. The molecule has 8 nitrogen and oxygen atoms in total. The van der Waals surface area contributed by atoms with Crippen LogP contribution in [0, 0.1) is 0 Å². The minimum atomic E-state index is -0.669. The summed E-state index contributed by atoms with van der Waals surface area (Å²) in [5, 5.41) is 7.81. The van der Waals surface area contributed by atoms with Gasteiger partial charge in [0.2, 0.25) is 0 Å². The molecule has 0 atom stereocenters. The molecule has 1 fully saturated rings. The summed E-state index contributed by atoms with van der Waals surface area (Å²) in [6.45, 7) is 0. The summed E-state index contributed by atoms with van der Waals surface area (Å²) in [6, 6.07) is 13.8. The van der Waals surface area contributed by atoms with Gasteiger partial charge in [0, 0.05) is 10.9 Å². The molecular weight excluding hydrogens is 424 g/mol. The van der Waals surface area contributed by atoms with Crippen LogP contribution in [-0.2, 0) is 4.79 Å². The molecule has 4 rings (SSSR count). The summed E-state index contributed by atoms with van der Waals surface area (Å²) >= 11 is 6.32. The fourth-order valence-corrected chi connectivity index (χ4v) is 4.10. The molecule has 30 heavy (non-hydrogen) atoms. The number of carbonyl (C=O) groups is 2. The Morgan fingerprint density at radius 2 is 1.87 bits per heavy atom. The first kappa shape index (κ1) is 19.8. The fraction of sp³-hybridized carbons (Fsp3) is 0.0500. The van der Waals surface area contributed by atoms with Crippen LogP contribution in [0.4, 0.5) is 0 Å². The van der Waals surface area contributed by atoms with E-state index in [1.807, 2.05) is 12.1 Å². The first-order valence-corrected chi connectivity index (χ1v) is 9.91. The third kappa shape index (κ3) is 3.58. The number of para-hydroxylation sites is 1. The topological polar surface area (TPSA) is 104 Å². The zero-order valence-electron chi connectivity index (χ0n) is 15.5. The Morgan fingerprint density at radius 3 is 2.63 bits per heavy atom. The molecule has 0 unspecified atom stereocenters. The number of carbonyl (C=O) groups excluding carboxylic acids is 2. The van der Waals surface area contributed by atoms with E-state index in [1.54, 1.807) is 49.6 Å². The van der Waals surface area contributed by atoms with Crippen LogP contribution in [0.2, 0.25) is 0 Å². The van der Waals surface area contributed by atoms with Crippen molar-refractivity contribution in [2.75, 3.05) is 7.11 Å². The van der Waals surface area contributed by atoms with Crippen molar-refractivity contribution in [1.29, 1.82) is 0 Å². The van der Waals surface area contributed by atoms with Gasteiger partial charge in [0.05, 0.1) is 17.4 Å². The molecule has 2 amide bonds. The normalized spacial score (nSPS) is 15.1. The number of hydrazine groups is 1. The third-order valence-corrected chi connectivity index (χ3v) is 5.65. The average Bonchev–Trinajstić information content (AvgIpc) is 3.02. The second-order valence-corrected chi connectivity index (χ2v) is 7.82. The number of hydrogen-bond donors (Lipinski definition) is 2. The van der Waals surface area contributed by atoms with Gasteiger partial charge >= 0.3 is 0 Å². The van der Waals surface area contributed by atoms with Crippen LogP contribution in [0.5, 0.6) is 5.75 Å². The average molecular weight is 438 g/mol. The number of hydrogen-bond acceptors (Lipinski definition) is 7. The predicted molar refractivity (Wildman–Crippen MR) is 118 cm³/mol. The molecule has 0 spiro atoms. The number of aromatic amines is 1. The van der Waals surface area contributed by atoms with E-state index < -0.39 is 17.4 Å². The minimum absolute atomic E-state index is 0.0204. The van der Waals surface area contributed by atoms with E-state index in [1.165, 1.54) is 0 Å². The lowest BCUT2D eigenvalue weighted by atomic mass is 10.1. The SMILES string of the molecule is COc1ccccc1C=C1SC(=S)N(NC(=O)c2n[nH]c(=O)c3ccccc23)C1=O. The second-order valence-electron chi connectivity index (χ2n) is 6.15. The molecule has 2 aromatic carbocycles. The maximum atomic E-state index is 12.8. The van der Waals surface area contributed by atoms with Gasteiger partial charge in [-0.15, -0.1) is 0 Å². The smallest absolute Gasteiger partial charge is 0.291 e. The van der Waals surface area contributed by atoms with Gasteiger partial charge in [-0.05, 0) is 30.4 Å². The van der Waals surface area contributed by atoms with Crippen molar-refractivity contribution >= 4 is 57.0 Å². The van der Waals surface area contributed by atoms with E-state index in [0.717, 1.165) is 16.8 Å². The highest BCUT2D eigenvalue weighted by atomic mass is 32.2. The molecule has 0 saturated carbocycles. The number of aromatic nitrogens is 2. The Balaban J connectivity index is 1.62. The summed E-state index contributed by atoms with van der Waals surface area (Å²) < 4.78 is 5.47. The van der Waals surface area contributed by atoms with Crippen molar-refractivity contribution in [1.82, 2.24) is 20.6 Å². The Labute approximate surface area is 179 Å². The number of benzene rings is 2. The standard InChI is InChI=1S/C20H14N4O4S2/c1-28-14-9-5-2-6-11(14)10-15-19(27)24(20(29)30-15)23-18(26)16-12-7-3-4-8-13(12)17(25)22-21-16/h2-10H,1H3,(H,22,25)(H,23,26). The Morgan fingerprint density at radius 1 is 1.17 bits per heavy atom. The van der Waals surface area contributed by atoms with Gasteiger partial charge in [0.15, 0.2) is 10.0 Å². The lowest BCUT2D eigenvalue weighted by Gasteiger charge is -2.15. The maximum absolute atomic E-state index is 12.8. The molecule has 3 aromatic rings. The van der Waals surface area contributed by atoms with Crippen molar-refractivity contribution < 1.29 is 14.3 Å². The van der Waals surface area contributed by atoms with E-state index in [4.69, 9.17) is 17.0 Å². The number of amides is 2. The quantitative estimate of drug-likeness (QED) is 0.476. The van der Waals surface area contributed by atoms with Crippen LogP contribution >= 0.6 is 24.0 Å². The molecule has 150 valence electrons.